The molecule has 0 saturated heterocycles. The van der Waals surface area contributed by atoms with Crippen molar-refractivity contribution in [1.82, 2.24) is 9.78 Å². The molecule has 2 heterocycles. The van der Waals surface area contributed by atoms with Crippen molar-refractivity contribution in [3.63, 3.8) is 0 Å². The molecular weight excluding hydrogens is 459 g/mol. The molecule has 0 unspecified atom stereocenters. The molecule has 4 aromatic rings. The van der Waals surface area contributed by atoms with Gasteiger partial charge in [-0.05, 0) is 61.5 Å². The number of thiophene rings is 1. The highest BCUT2D eigenvalue weighted by atomic mass is 79.9. The maximum atomic E-state index is 13.2. The molecule has 2 aromatic carbocycles. The second-order valence-corrected chi connectivity index (χ2v) is 8.19. The topological polar surface area (TPSA) is 53.4 Å². The number of ether oxygens (including phenoxy) is 2. The Morgan fingerprint density at radius 2 is 1.86 bits per heavy atom. The van der Waals surface area contributed by atoms with Crippen LogP contribution in [0.2, 0.25) is 0 Å². The average molecular weight is 475 g/mol. The number of rotatable bonds is 6. The van der Waals surface area contributed by atoms with Crippen LogP contribution in [-0.4, -0.2) is 29.0 Å². The fraction of sp³-hybridized carbons (Fsp3) is 0.143. The number of fused-ring (bicyclic) bond motifs is 1. The quantitative estimate of drug-likeness (QED) is 0.272. The number of hydrogen-bond acceptors (Lipinski definition) is 5. The Kier molecular flexibility index (Phi) is 5.64. The van der Waals surface area contributed by atoms with Crippen LogP contribution in [0.3, 0.4) is 0 Å². The number of carbonyl (C=O) groups is 1. The summed E-state index contributed by atoms with van der Waals surface area (Å²) in [6.07, 6.45) is 0. The molecule has 0 radical (unpaired) electrons. The molecule has 0 bridgehead atoms. The van der Waals surface area contributed by atoms with E-state index >= 15 is 0 Å². The first-order chi connectivity index (χ1) is 14.0. The zero-order valence-electron chi connectivity index (χ0n) is 15.4. The minimum absolute atomic E-state index is 0.145. The SMILES string of the molecule is Cc1nn(-c2ccc(F)cc2)c2sc(C(=O)OCCOc3ccc(Br)cc3)cc12. The Morgan fingerprint density at radius 3 is 2.59 bits per heavy atom. The Bertz CT molecular complexity index is 1150. The fourth-order valence-corrected chi connectivity index (χ4v) is 4.14. The third-order valence-electron chi connectivity index (χ3n) is 4.22. The molecule has 5 nitrogen and oxygen atoms in total. The zero-order valence-corrected chi connectivity index (χ0v) is 17.8. The van der Waals surface area contributed by atoms with Crippen molar-refractivity contribution < 1.29 is 18.7 Å². The highest BCUT2D eigenvalue weighted by Crippen LogP contribution is 2.30. The van der Waals surface area contributed by atoms with Crippen molar-refractivity contribution >= 4 is 43.5 Å². The summed E-state index contributed by atoms with van der Waals surface area (Å²) >= 11 is 4.66. The lowest BCUT2D eigenvalue weighted by molar-refractivity contribution is 0.0456. The summed E-state index contributed by atoms with van der Waals surface area (Å²) in [6, 6.07) is 15.3. The first kappa shape index (κ1) is 19.6. The lowest BCUT2D eigenvalue weighted by Crippen LogP contribution is -2.11. The highest BCUT2D eigenvalue weighted by Gasteiger charge is 2.18. The average Bonchev–Trinajstić information content (AvgIpc) is 3.28. The van der Waals surface area contributed by atoms with Crippen LogP contribution >= 0.6 is 27.3 Å². The number of aromatic nitrogens is 2. The molecule has 2 aromatic heterocycles. The van der Waals surface area contributed by atoms with Gasteiger partial charge >= 0.3 is 5.97 Å². The van der Waals surface area contributed by atoms with E-state index in [1.807, 2.05) is 31.2 Å². The van der Waals surface area contributed by atoms with Gasteiger partial charge in [0.05, 0.1) is 11.4 Å². The monoisotopic (exact) mass is 474 g/mol. The van der Waals surface area contributed by atoms with Gasteiger partial charge in [-0.2, -0.15) is 5.10 Å². The van der Waals surface area contributed by atoms with Crippen molar-refractivity contribution in [2.45, 2.75) is 6.92 Å². The minimum Gasteiger partial charge on any atom is -0.490 e. The summed E-state index contributed by atoms with van der Waals surface area (Å²) in [4.78, 5) is 13.7. The second kappa shape index (κ2) is 8.34. The van der Waals surface area contributed by atoms with Gasteiger partial charge in [-0.3, -0.25) is 0 Å². The number of benzene rings is 2. The molecule has 0 amide bonds. The number of nitrogens with zero attached hydrogens (tertiary/aromatic N) is 2. The van der Waals surface area contributed by atoms with E-state index in [1.54, 1.807) is 22.9 Å². The molecule has 8 heteroatoms. The first-order valence-electron chi connectivity index (χ1n) is 8.82. The maximum absolute atomic E-state index is 13.2. The maximum Gasteiger partial charge on any atom is 0.348 e. The number of carbonyl (C=O) groups excluding carboxylic acids is 1. The van der Waals surface area contributed by atoms with Crippen molar-refractivity contribution in [1.29, 1.82) is 0 Å². The number of hydrogen-bond donors (Lipinski definition) is 0. The van der Waals surface area contributed by atoms with E-state index in [0.29, 0.717) is 10.6 Å². The van der Waals surface area contributed by atoms with Gasteiger partial charge < -0.3 is 9.47 Å². The van der Waals surface area contributed by atoms with Gasteiger partial charge in [0.25, 0.3) is 0 Å². The van der Waals surface area contributed by atoms with E-state index in [9.17, 15) is 9.18 Å². The van der Waals surface area contributed by atoms with Crippen molar-refractivity contribution in [3.05, 3.63) is 75.5 Å². The van der Waals surface area contributed by atoms with Crippen LogP contribution in [0.25, 0.3) is 15.9 Å². The van der Waals surface area contributed by atoms with E-state index in [0.717, 1.165) is 26.1 Å². The third-order valence-corrected chi connectivity index (χ3v) is 5.84. The lowest BCUT2D eigenvalue weighted by atomic mass is 10.3. The molecule has 0 atom stereocenters. The number of esters is 1. The molecule has 0 saturated carbocycles. The molecule has 0 spiro atoms. The van der Waals surface area contributed by atoms with Gasteiger partial charge in [-0.25, -0.2) is 13.9 Å². The summed E-state index contributed by atoms with van der Waals surface area (Å²) in [7, 11) is 0. The van der Waals surface area contributed by atoms with Crippen molar-refractivity contribution in [2.75, 3.05) is 13.2 Å². The summed E-state index contributed by atoms with van der Waals surface area (Å²) in [5.74, 6) is -0.00791. The molecule has 0 aliphatic carbocycles. The summed E-state index contributed by atoms with van der Waals surface area (Å²) in [5.41, 5.74) is 1.52. The van der Waals surface area contributed by atoms with E-state index in [1.165, 1.54) is 23.5 Å². The van der Waals surface area contributed by atoms with Crippen LogP contribution in [-0.2, 0) is 4.74 Å². The van der Waals surface area contributed by atoms with Gasteiger partial charge in [0.15, 0.2) is 0 Å². The Morgan fingerprint density at radius 1 is 1.14 bits per heavy atom. The van der Waals surface area contributed by atoms with Gasteiger partial charge in [0.1, 0.15) is 34.5 Å². The van der Waals surface area contributed by atoms with Crippen LogP contribution in [0, 0.1) is 12.7 Å². The van der Waals surface area contributed by atoms with Gasteiger partial charge in [-0.15, -0.1) is 11.3 Å². The van der Waals surface area contributed by atoms with Gasteiger partial charge in [-0.1, -0.05) is 15.9 Å². The van der Waals surface area contributed by atoms with Crippen LogP contribution in [0.15, 0.2) is 59.1 Å². The van der Waals surface area contributed by atoms with E-state index < -0.39 is 5.97 Å². The molecule has 0 aliphatic heterocycles. The Balaban J connectivity index is 1.43. The Labute approximate surface area is 178 Å². The molecule has 4 rings (SSSR count). The molecular formula is C21H16BrFN2O3S. The number of halogens is 2. The molecule has 0 fully saturated rings. The van der Waals surface area contributed by atoms with Crippen molar-refractivity contribution in [3.8, 4) is 11.4 Å². The standard InChI is InChI=1S/C21H16BrFN2O3S/c1-13-18-12-19(21(26)28-11-10-27-17-8-2-14(22)3-9-17)29-20(18)25(24-13)16-6-4-15(23)5-7-16/h2-9,12H,10-11H2,1H3. The second-order valence-electron chi connectivity index (χ2n) is 6.24. The van der Waals surface area contributed by atoms with E-state index in [-0.39, 0.29) is 19.0 Å². The van der Waals surface area contributed by atoms with Crippen LogP contribution < -0.4 is 4.74 Å². The third kappa shape index (κ3) is 4.33. The first-order valence-corrected chi connectivity index (χ1v) is 10.4. The number of aryl methyl sites for hydroxylation is 1. The predicted octanol–water partition coefficient (Wildman–Crippen LogP) is 5.53. The lowest BCUT2D eigenvalue weighted by Gasteiger charge is -2.06. The molecule has 148 valence electrons. The minimum atomic E-state index is -0.407. The van der Waals surface area contributed by atoms with Gasteiger partial charge in [0.2, 0.25) is 0 Å². The fourth-order valence-electron chi connectivity index (χ4n) is 2.80. The Hall–Kier alpha value is -2.71. The van der Waals surface area contributed by atoms with Gasteiger partial charge in [0, 0.05) is 9.86 Å². The zero-order chi connectivity index (χ0) is 20.4. The van der Waals surface area contributed by atoms with Crippen molar-refractivity contribution in [2.24, 2.45) is 0 Å². The van der Waals surface area contributed by atoms with E-state index in [4.69, 9.17) is 9.47 Å². The molecule has 29 heavy (non-hydrogen) atoms. The van der Waals surface area contributed by atoms with Crippen LogP contribution in [0.5, 0.6) is 5.75 Å². The molecule has 0 N–H and O–H groups in total. The molecule has 0 aliphatic rings. The summed E-state index contributed by atoms with van der Waals surface area (Å²) < 4.78 is 26.8. The van der Waals surface area contributed by atoms with Crippen LogP contribution in [0.1, 0.15) is 15.4 Å². The highest BCUT2D eigenvalue weighted by molar-refractivity contribution is 9.10. The predicted molar refractivity (Wildman–Crippen MR) is 114 cm³/mol. The normalized spacial score (nSPS) is 11.0. The van der Waals surface area contributed by atoms with E-state index in [2.05, 4.69) is 21.0 Å². The summed E-state index contributed by atoms with van der Waals surface area (Å²) in [5, 5.41) is 5.37. The largest absolute Gasteiger partial charge is 0.490 e. The summed E-state index contributed by atoms with van der Waals surface area (Å²) in [6.45, 7) is 2.28. The van der Waals surface area contributed by atoms with Crippen LogP contribution in [0.4, 0.5) is 4.39 Å². The smallest absolute Gasteiger partial charge is 0.348 e.